The number of rotatable bonds is 7. The van der Waals surface area contributed by atoms with Crippen LogP contribution >= 0.6 is 11.6 Å². The quantitative estimate of drug-likeness (QED) is 0.727. The molecule has 132 valence electrons. The van der Waals surface area contributed by atoms with Crippen LogP contribution in [0.25, 0.3) is 0 Å². The minimum atomic E-state index is -0.335. The lowest BCUT2D eigenvalue weighted by molar-refractivity contribution is 0.0952. The molecule has 0 saturated heterocycles. The van der Waals surface area contributed by atoms with Crippen LogP contribution in [0.1, 0.15) is 52.5 Å². The van der Waals surface area contributed by atoms with Crippen LogP contribution in [0.15, 0.2) is 36.7 Å². The molecule has 0 aliphatic rings. The number of aromatic nitrogens is 1. The predicted molar refractivity (Wildman–Crippen MR) is 100 cm³/mol. The summed E-state index contributed by atoms with van der Waals surface area (Å²) in [4.78, 5) is 28.6. The van der Waals surface area contributed by atoms with E-state index in [2.05, 4.69) is 22.5 Å². The summed E-state index contributed by atoms with van der Waals surface area (Å²) >= 11 is 6.06. The Bertz CT molecular complexity index is 762. The van der Waals surface area contributed by atoms with Crippen molar-refractivity contribution in [2.75, 3.05) is 11.9 Å². The van der Waals surface area contributed by atoms with Gasteiger partial charge >= 0.3 is 0 Å². The average molecular weight is 360 g/mol. The Kier molecular flexibility index (Phi) is 6.95. The van der Waals surface area contributed by atoms with E-state index in [0.717, 1.165) is 24.8 Å². The largest absolute Gasteiger partial charge is 0.352 e. The van der Waals surface area contributed by atoms with E-state index in [-0.39, 0.29) is 11.8 Å². The van der Waals surface area contributed by atoms with Gasteiger partial charge in [-0.3, -0.25) is 14.6 Å². The number of pyridine rings is 1. The van der Waals surface area contributed by atoms with Crippen LogP contribution in [0, 0.1) is 6.92 Å². The third kappa shape index (κ3) is 5.29. The summed E-state index contributed by atoms with van der Waals surface area (Å²) < 4.78 is 0. The third-order valence-electron chi connectivity index (χ3n) is 3.84. The standard InChI is InChI=1S/C19H22ClN3O2/c1-3-4-5-9-22-18(24)14-10-15(12-21-11-14)19(25)23-17-8-6-7-16(20)13(17)2/h6-8,10-12H,3-5,9H2,1-2H3,(H,22,24)(H,23,25). The fourth-order valence-corrected chi connectivity index (χ4v) is 2.48. The van der Waals surface area contributed by atoms with Crippen LogP contribution in [0.2, 0.25) is 5.02 Å². The van der Waals surface area contributed by atoms with E-state index in [1.165, 1.54) is 18.5 Å². The highest BCUT2D eigenvalue weighted by atomic mass is 35.5. The predicted octanol–water partition coefficient (Wildman–Crippen LogP) is 4.22. The normalized spacial score (nSPS) is 10.4. The molecule has 1 aromatic heterocycles. The molecule has 1 heterocycles. The highest BCUT2D eigenvalue weighted by Gasteiger charge is 2.13. The first kappa shape index (κ1) is 18.9. The van der Waals surface area contributed by atoms with Gasteiger partial charge in [-0.1, -0.05) is 37.4 Å². The van der Waals surface area contributed by atoms with Crippen molar-refractivity contribution >= 4 is 29.1 Å². The maximum Gasteiger partial charge on any atom is 0.257 e. The second kappa shape index (κ2) is 9.18. The van der Waals surface area contributed by atoms with Crippen molar-refractivity contribution in [2.45, 2.75) is 33.1 Å². The first-order chi connectivity index (χ1) is 12.0. The number of halogens is 1. The fraction of sp³-hybridized carbons (Fsp3) is 0.316. The monoisotopic (exact) mass is 359 g/mol. The number of carbonyl (C=O) groups excluding carboxylic acids is 2. The summed E-state index contributed by atoms with van der Waals surface area (Å²) in [5.41, 5.74) is 2.11. The zero-order valence-electron chi connectivity index (χ0n) is 14.4. The first-order valence-electron chi connectivity index (χ1n) is 8.32. The molecule has 6 heteroatoms. The van der Waals surface area contributed by atoms with E-state index < -0.39 is 0 Å². The molecular formula is C19H22ClN3O2. The van der Waals surface area contributed by atoms with Gasteiger partial charge in [-0.05, 0) is 37.1 Å². The molecule has 25 heavy (non-hydrogen) atoms. The number of benzene rings is 1. The van der Waals surface area contributed by atoms with Crippen LogP contribution in [-0.4, -0.2) is 23.3 Å². The van der Waals surface area contributed by atoms with E-state index in [4.69, 9.17) is 11.6 Å². The van der Waals surface area contributed by atoms with Crippen LogP contribution in [0.5, 0.6) is 0 Å². The number of carbonyl (C=O) groups is 2. The molecule has 0 atom stereocenters. The zero-order valence-corrected chi connectivity index (χ0v) is 15.2. The Morgan fingerprint density at radius 1 is 1.12 bits per heavy atom. The van der Waals surface area contributed by atoms with Crippen molar-refractivity contribution in [3.63, 3.8) is 0 Å². The number of unbranched alkanes of at least 4 members (excludes halogenated alkanes) is 2. The number of hydrogen-bond donors (Lipinski definition) is 2. The molecule has 0 fully saturated rings. The van der Waals surface area contributed by atoms with Gasteiger partial charge in [-0.2, -0.15) is 0 Å². The Balaban J connectivity index is 2.06. The van der Waals surface area contributed by atoms with Gasteiger partial charge in [0.05, 0.1) is 11.1 Å². The third-order valence-corrected chi connectivity index (χ3v) is 4.25. The van der Waals surface area contributed by atoms with Crippen molar-refractivity contribution in [1.82, 2.24) is 10.3 Å². The molecule has 2 rings (SSSR count). The van der Waals surface area contributed by atoms with Gasteiger partial charge in [0.2, 0.25) is 0 Å². The number of nitrogens with zero attached hydrogens (tertiary/aromatic N) is 1. The summed E-state index contributed by atoms with van der Waals surface area (Å²) in [5.74, 6) is -0.560. The molecule has 0 bridgehead atoms. The maximum absolute atomic E-state index is 12.4. The van der Waals surface area contributed by atoms with Crippen molar-refractivity contribution < 1.29 is 9.59 Å². The Morgan fingerprint density at radius 3 is 2.56 bits per heavy atom. The average Bonchev–Trinajstić information content (AvgIpc) is 2.62. The molecule has 1 aromatic carbocycles. The van der Waals surface area contributed by atoms with Gasteiger partial charge in [-0.15, -0.1) is 0 Å². The molecule has 2 amide bonds. The molecule has 2 aromatic rings. The van der Waals surface area contributed by atoms with E-state index in [1.807, 2.05) is 6.92 Å². The summed E-state index contributed by atoms with van der Waals surface area (Å²) in [5, 5.41) is 6.22. The highest BCUT2D eigenvalue weighted by Crippen LogP contribution is 2.23. The SMILES string of the molecule is CCCCCNC(=O)c1cncc(C(=O)Nc2cccc(Cl)c2C)c1. The van der Waals surface area contributed by atoms with Crippen LogP contribution < -0.4 is 10.6 Å². The highest BCUT2D eigenvalue weighted by molar-refractivity contribution is 6.31. The van der Waals surface area contributed by atoms with Gasteiger partial charge in [0.25, 0.3) is 11.8 Å². The lowest BCUT2D eigenvalue weighted by Crippen LogP contribution is -2.25. The lowest BCUT2D eigenvalue weighted by Gasteiger charge is -2.10. The molecular weight excluding hydrogens is 338 g/mol. The first-order valence-corrected chi connectivity index (χ1v) is 8.70. The number of nitrogens with one attached hydrogen (secondary N) is 2. The van der Waals surface area contributed by atoms with Gasteiger partial charge < -0.3 is 10.6 Å². The summed E-state index contributed by atoms with van der Waals surface area (Å²) in [7, 11) is 0. The lowest BCUT2D eigenvalue weighted by atomic mass is 10.1. The Hall–Kier alpha value is -2.40. The molecule has 0 spiro atoms. The minimum absolute atomic E-state index is 0.225. The summed E-state index contributed by atoms with van der Waals surface area (Å²) in [6, 6.07) is 6.84. The van der Waals surface area contributed by atoms with Gasteiger partial charge in [0.15, 0.2) is 0 Å². The van der Waals surface area contributed by atoms with Crippen molar-refractivity contribution in [1.29, 1.82) is 0 Å². The molecule has 2 N–H and O–H groups in total. The van der Waals surface area contributed by atoms with Crippen LogP contribution in [-0.2, 0) is 0 Å². The number of amides is 2. The summed E-state index contributed by atoms with van der Waals surface area (Å²) in [6.45, 7) is 4.55. The number of hydrogen-bond acceptors (Lipinski definition) is 3. The van der Waals surface area contributed by atoms with E-state index >= 15 is 0 Å². The van der Waals surface area contributed by atoms with Crippen LogP contribution in [0.4, 0.5) is 5.69 Å². The molecule has 0 aliphatic carbocycles. The topological polar surface area (TPSA) is 71.1 Å². The number of anilines is 1. The van der Waals surface area contributed by atoms with E-state index in [1.54, 1.807) is 18.2 Å². The van der Waals surface area contributed by atoms with Crippen molar-refractivity contribution in [3.8, 4) is 0 Å². The molecule has 5 nitrogen and oxygen atoms in total. The maximum atomic E-state index is 12.4. The van der Waals surface area contributed by atoms with Crippen LogP contribution in [0.3, 0.4) is 0 Å². The van der Waals surface area contributed by atoms with Gasteiger partial charge in [0, 0.05) is 29.6 Å². The van der Waals surface area contributed by atoms with E-state index in [0.29, 0.717) is 28.4 Å². The molecule has 0 aliphatic heterocycles. The molecule has 0 saturated carbocycles. The van der Waals surface area contributed by atoms with Crippen molar-refractivity contribution in [2.24, 2.45) is 0 Å². The zero-order chi connectivity index (χ0) is 18.2. The van der Waals surface area contributed by atoms with Crippen molar-refractivity contribution in [3.05, 3.63) is 58.4 Å². The second-order valence-electron chi connectivity index (χ2n) is 5.79. The minimum Gasteiger partial charge on any atom is -0.352 e. The van der Waals surface area contributed by atoms with E-state index in [9.17, 15) is 9.59 Å². The second-order valence-corrected chi connectivity index (χ2v) is 6.20. The smallest absolute Gasteiger partial charge is 0.257 e. The van der Waals surface area contributed by atoms with Gasteiger partial charge in [0.1, 0.15) is 0 Å². The molecule has 0 unspecified atom stereocenters. The fourth-order valence-electron chi connectivity index (χ4n) is 2.30. The Labute approximate surface area is 152 Å². The summed E-state index contributed by atoms with van der Waals surface area (Å²) in [6.07, 6.45) is 5.99. The van der Waals surface area contributed by atoms with Gasteiger partial charge in [-0.25, -0.2) is 0 Å². The Morgan fingerprint density at radius 2 is 1.84 bits per heavy atom. The molecule has 0 radical (unpaired) electrons.